The molecule has 2 amide bonds. The van der Waals surface area contributed by atoms with Gasteiger partial charge < -0.3 is 15.1 Å². The number of halogens is 1. The van der Waals surface area contributed by atoms with Gasteiger partial charge in [0.05, 0.1) is 6.54 Å². The van der Waals surface area contributed by atoms with Crippen LogP contribution in [0.3, 0.4) is 0 Å². The van der Waals surface area contributed by atoms with Crippen LogP contribution in [-0.2, 0) is 3.55 Å². The molecule has 126 valence electrons. The van der Waals surface area contributed by atoms with Gasteiger partial charge in [-0.15, -0.1) is 0 Å². The summed E-state index contributed by atoms with van der Waals surface area (Å²) in [6.45, 7) is 9.09. The average molecular weight is 427 g/mol. The molecule has 1 atom stereocenters. The summed E-state index contributed by atoms with van der Waals surface area (Å²) in [6, 6.07) is 11.0. The fourth-order valence-corrected chi connectivity index (χ4v) is 4.89. The van der Waals surface area contributed by atoms with Gasteiger partial charge in [-0.1, -0.05) is 30.3 Å². The van der Waals surface area contributed by atoms with E-state index in [1.54, 1.807) is 0 Å². The van der Waals surface area contributed by atoms with Crippen LogP contribution in [0.1, 0.15) is 39.2 Å². The van der Waals surface area contributed by atoms with Crippen LogP contribution in [0.5, 0.6) is 0 Å². The minimum absolute atomic E-state index is 0.163. The Morgan fingerprint density at radius 3 is 2.35 bits per heavy atom. The summed E-state index contributed by atoms with van der Waals surface area (Å²) >= 11 is 2.51. The topological polar surface area (TPSA) is 35.6 Å². The molecule has 2 aliphatic rings. The molecule has 1 aromatic rings. The summed E-state index contributed by atoms with van der Waals surface area (Å²) in [5.41, 5.74) is 1.06. The second-order valence-corrected chi connectivity index (χ2v) is 9.30. The van der Waals surface area contributed by atoms with Crippen LogP contribution >= 0.6 is 22.6 Å². The average Bonchev–Trinajstić information content (AvgIpc) is 2.82. The Hall–Kier alpha value is -0.820. The first-order valence-electron chi connectivity index (χ1n) is 8.40. The van der Waals surface area contributed by atoms with Crippen LogP contribution in [0.25, 0.3) is 0 Å². The molecule has 2 fully saturated rings. The Kier molecular flexibility index (Phi) is 4.62. The van der Waals surface area contributed by atoms with Gasteiger partial charge in [0.2, 0.25) is 0 Å². The number of benzene rings is 1. The molecular weight excluding hydrogens is 401 g/mol. The summed E-state index contributed by atoms with van der Waals surface area (Å²) < 4.78 is -0.286. The Labute approximate surface area is 152 Å². The smallest absolute Gasteiger partial charge is 0.317 e. The molecule has 2 heterocycles. The molecule has 1 unspecified atom stereocenters. The van der Waals surface area contributed by atoms with Gasteiger partial charge in [-0.3, -0.25) is 0 Å². The Morgan fingerprint density at radius 2 is 1.78 bits per heavy atom. The highest BCUT2D eigenvalue weighted by Crippen LogP contribution is 2.46. The third kappa shape index (κ3) is 3.09. The second-order valence-electron chi connectivity index (χ2n) is 7.52. The number of alkyl halides is 1. The van der Waals surface area contributed by atoms with Crippen molar-refractivity contribution >= 4 is 28.6 Å². The van der Waals surface area contributed by atoms with E-state index in [0.717, 1.165) is 32.5 Å². The van der Waals surface area contributed by atoms with Crippen LogP contribution in [0.4, 0.5) is 4.79 Å². The van der Waals surface area contributed by atoms with Crippen molar-refractivity contribution in [2.75, 3.05) is 19.6 Å². The standard InChI is InChI=1S/C18H26IN3O/c1-17(2,3)21-13-18(19,14-7-5-4-6-8-14)22(16(21)23)15-9-11-20-12-10-15/h4-8,15,20H,9-13H2,1-3H3. The number of piperidine rings is 1. The molecule has 3 rings (SSSR count). The zero-order valence-corrected chi connectivity index (χ0v) is 16.3. The summed E-state index contributed by atoms with van der Waals surface area (Å²) in [5, 5.41) is 3.41. The molecule has 23 heavy (non-hydrogen) atoms. The minimum Gasteiger partial charge on any atom is -0.317 e. The maximum atomic E-state index is 13.3. The lowest BCUT2D eigenvalue weighted by molar-refractivity contribution is 0.132. The molecule has 1 aromatic carbocycles. The molecular formula is C18H26IN3O. The maximum Gasteiger partial charge on any atom is 0.322 e. The van der Waals surface area contributed by atoms with E-state index in [9.17, 15) is 4.79 Å². The van der Waals surface area contributed by atoms with Gasteiger partial charge in [-0.25, -0.2) is 4.79 Å². The maximum absolute atomic E-state index is 13.3. The van der Waals surface area contributed by atoms with Crippen molar-refractivity contribution in [2.45, 2.75) is 48.7 Å². The van der Waals surface area contributed by atoms with E-state index >= 15 is 0 Å². The number of hydrogen-bond acceptors (Lipinski definition) is 2. The zero-order valence-electron chi connectivity index (χ0n) is 14.2. The quantitative estimate of drug-likeness (QED) is 0.445. The molecule has 0 radical (unpaired) electrons. The van der Waals surface area contributed by atoms with Gasteiger partial charge in [0.25, 0.3) is 0 Å². The first-order valence-corrected chi connectivity index (χ1v) is 9.48. The second kappa shape index (κ2) is 6.24. The summed E-state index contributed by atoms with van der Waals surface area (Å²) in [5.74, 6) is 0. The van der Waals surface area contributed by atoms with Crippen LogP contribution in [0.15, 0.2) is 30.3 Å². The summed E-state index contributed by atoms with van der Waals surface area (Å²) in [6.07, 6.45) is 2.06. The first kappa shape index (κ1) is 17.0. The van der Waals surface area contributed by atoms with E-state index in [2.05, 4.69) is 77.8 Å². The molecule has 0 bridgehead atoms. The van der Waals surface area contributed by atoms with Crippen LogP contribution in [0, 0.1) is 0 Å². The molecule has 0 aromatic heterocycles. The predicted octanol–water partition coefficient (Wildman–Crippen LogP) is 3.56. The van der Waals surface area contributed by atoms with Crippen molar-refractivity contribution in [3.63, 3.8) is 0 Å². The highest BCUT2D eigenvalue weighted by Gasteiger charge is 2.54. The van der Waals surface area contributed by atoms with E-state index in [-0.39, 0.29) is 15.1 Å². The monoisotopic (exact) mass is 427 g/mol. The van der Waals surface area contributed by atoms with E-state index in [0.29, 0.717) is 6.04 Å². The van der Waals surface area contributed by atoms with E-state index in [4.69, 9.17) is 0 Å². The van der Waals surface area contributed by atoms with Crippen molar-refractivity contribution in [3.8, 4) is 0 Å². The number of carbonyl (C=O) groups excluding carboxylic acids is 1. The molecule has 1 N–H and O–H groups in total. The Morgan fingerprint density at radius 1 is 1.17 bits per heavy atom. The van der Waals surface area contributed by atoms with Crippen molar-refractivity contribution in [1.82, 2.24) is 15.1 Å². The van der Waals surface area contributed by atoms with Crippen LogP contribution < -0.4 is 5.32 Å². The fraction of sp³-hybridized carbons (Fsp3) is 0.611. The molecule has 0 spiro atoms. The van der Waals surface area contributed by atoms with Crippen molar-refractivity contribution in [3.05, 3.63) is 35.9 Å². The van der Waals surface area contributed by atoms with Crippen LogP contribution in [-0.4, -0.2) is 47.0 Å². The van der Waals surface area contributed by atoms with Gasteiger partial charge in [-0.2, -0.15) is 0 Å². The number of hydrogen-bond donors (Lipinski definition) is 1. The molecule has 0 aliphatic carbocycles. The predicted molar refractivity (Wildman–Crippen MR) is 102 cm³/mol. The highest BCUT2D eigenvalue weighted by molar-refractivity contribution is 14.1. The Balaban J connectivity index is 2.02. The molecule has 4 nitrogen and oxygen atoms in total. The first-order chi connectivity index (χ1) is 10.8. The molecule has 0 saturated carbocycles. The van der Waals surface area contributed by atoms with Crippen molar-refractivity contribution in [2.24, 2.45) is 0 Å². The number of nitrogens with one attached hydrogen (secondary N) is 1. The van der Waals surface area contributed by atoms with Gasteiger partial charge in [0.15, 0.2) is 0 Å². The number of urea groups is 1. The van der Waals surface area contributed by atoms with Crippen molar-refractivity contribution < 1.29 is 4.79 Å². The number of rotatable bonds is 2. The highest BCUT2D eigenvalue weighted by atomic mass is 127. The van der Waals surface area contributed by atoms with Crippen LogP contribution in [0.2, 0.25) is 0 Å². The van der Waals surface area contributed by atoms with E-state index in [1.165, 1.54) is 5.56 Å². The minimum atomic E-state index is -0.286. The number of amides is 2. The summed E-state index contributed by atoms with van der Waals surface area (Å²) in [4.78, 5) is 17.5. The zero-order chi connectivity index (χ0) is 16.7. The molecule has 2 aliphatic heterocycles. The van der Waals surface area contributed by atoms with E-state index < -0.39 is 0 Å². The van der Waals surface area contributed by atoms with Gasteiger partial charge in [0, 0.05) is 11.6 Å². The third-order valence-electron chi connectivity index (χ3n) is 4.89. The molecule has 2 saturated heterocycles. The lowest BCUT2D eigenvalue weighted by Gasteiger charge is -2.40. The SMILES string of the molecule is CC(C)(C)N1CC(I)(c2ccccc2)N(C2CCNCC2)C1=O. The lowest BCUT2D eigenvalue weighted by Crippen LogP contribution is -2.51. The van der Waals surface area contributed by atoms with Gasteiger partial charge in [0.1, 0.15) is 3.55 Å². The lowest BCUT2D eigenvalue weighted by atomic mass is 10.00. The Bertz CT molecular complexity index is 565. The van der Waals surface area contributed by atoms with Gasteiger partial charge in [-0.05, 0) is 74.9 Å². The van der Waals surface area contributed by atoms with Crippen molar-refractivity contribution in [1.29, 1.82) is 0 Å². The third-order valence-corrected chi connectivity index (χ3v) is 6.37. The van der Waals surface area contributed by atoms with Gasteiger partial charge >= 0.3 is 6.03 Å². The normalized spacial score (nSPS) is 26.9. The van der Waals surface area contributed by atoms with E-state index in [1.807, 2.05) is 11.0 Å². The summed E-state index contributed by atoms with van der Waals surface area (Å²) in [7, 11) is 0. The fourth-order valence-electron chi connectivity index (χ4n) is 3.59. The number of nitrogens with zero attached hydrogens (tertiary/aromatic N) is 2. The molecule has 5 heteroatoms. The largest absolute Gasteiger partial charge is 0.322 e. The number of carbonyl (C=O) groups is 1.